The number of carbonyl (C=O) groups is 3. The summed E-state index contributed by atoms with van der Waals surface area (Å²) in [5.74, 6) is -0.661. The number of Topliss-reactive ketones (excluding diaryl/α,β-unsaturated/α-hetero) is 1. The predicted octanol–water partition coefficient (Wildman–Crippen LogP) is 5.29. The fraction of sp³-hybridized carbons (Fsp3) is 0.538. The van der Waals surface area contributed by atoms with Gasteiger partial charge in [0.25, 0.3) is 11.8 Å². The zero-order valence-corrected chi connectivity index (χ0v) is 19.4. The average molecular weight is 439 g/mol. The summed E-state index contributed by atoms with van der Waals surface area (Å²) in [5.41, 5.74) is 1.70. The van der Waals surface area contributed by atoms with Crippen molar-refractivity contribution in [2.75, 3.05) is 13.1 Å². The van der Waals surface area contributed by atoms with Crippen LogP contribution in [0.25, 0.3) is 0 Å². The number of carbonyl (C=O) groups excluding carboxylic acids is 3. The summed E-state index contributed by atoms with van der Waals surface area (Å²) in [6.45, 7) is 7.12. The van der Waals surface area contributed by atoms with Gasteiger partial charge in [0, 0.05) is 31.6 Å². The molecule has 0 spiro atoms. The molecule has 0 unspecified atom stereocenters. The van der Waals surface area contributed by atoms with Crippen LogP contribution in [0.15, 0.2) is 40.6 Å². The first kappa shape index (κ1) is 23.9. The molecule has 1 aliphatic heterocycles. The van der Waals surface area contributed by atoms with E-state index >= 15 is 0 Å². The largest absolute Gasteiger partial charge is 0.511 e. The second kappa shape index (κ2) is 10.2. The zero-order valence-electron chi connectivity index (χ0n) is 19.4. The lowest BCUT2D eigenvalue weighted by Crippen LogP contribution is -2.33. The number of rotatable bonds is 9. The van der Waals surface area contributed by atoms with Gasteiger partial charge in [-0.25, -0.2) is 0 Å². The van der Waals surface area contributed by atoms with Gasteiger partial charge in [0.05, 0.1) is 16.7 Å². The van der Waals surface area contributed by atoms with Crippen molar-refractivity contribution < 1.29 is 19.5 Å². The van der Waals surface area contributed by atoms with E-state index < -0.39 is 0 Å². The molecular formula is C26H34N2O4. The molecule has 0 radical (unpaired) electrons. The number of aliphatic hydroxyl groups excluding tert-OH is 1. The van der Waals surface area contributed by atoms with Crippen molar-refractivity contribution in [2.45, 2.75) is 72.1 Å². The van der Waals surface area contributed by atoms with Crippen LogP contribution in [0.1, 0.15) is 92.9 Å². The Bertz CT molecular complexity index is 923. The summed E-state index contributed by atoms with van der Waals surface area (Å²) in [6.07, 6.45) is 6.05. The van der Waals surface area contributed by atoms with Crippen LogP contribution < -0.4 is 0 Å². The first-order valence-corrected chi connectivity index (χ1v) is 11.7. The van der Waals surface area contributed by atoms with Crippen LogP contribution in [0.4, 0.5) is 0 Å². The number of ketones is 1. The highest BCUT2D eigenvalue weighted by molar-refractivity contribution is 6.24. The smallest absolute Gasteiger partial charge is 0.261 e. The Hall–Kier alpha value is -2.76. The molecule has 0 saturated heterocycles. The van der Waals surface area contributed by atoms with Gasteiger partial charge in [-0.15, -0.1) is 0 Å². The summed E-state index contributed by atoms with van der Waals surface area (Å²) < 4.78 is 0. The van der Waals surface area contributed by atoms with Gasteiger partial charge in [-0.1, -0.05) is 52.2 Å². The molecular weight excluding hydrogens is 404 g/mol. The zero-order chi connectivity index (χ0) is 23.3. The molecule has 172 valence electrons. The quantitative estimate of drug-likeness (QED) is 0.246. The summed E-state index contributed by atoms with van der Waals surface area (Å²) in [4.78, 5) is 43.8. The van der Waals surface area contributed by atoms with Crippen molar-refractivity contribution in [3.8, 4) is 0 Å². The molecule has 6 heteroatoms. The van der Waals surface area contributed by atoms with Crippen LogP contribution in [0.3, 0.4) is 0 Å². The molecule has 1 aromatic rings. The number of aliphatic imine (C=N–C) groups is 1. The molecule has 2 amide bonds. The number of nitrogens with zero attached hydrogens (tertiary/aromatic N) is 2. The third-order valence-corrected chi connectivity index (χ3v) is 6.13. The monoisotopic (exact) mass is 438 g/mol. The first-order chi connectivity index (χ1) is 15.2. The molecule has 1 N–H and O–H groups in total. The minimum atomic E-state index is -0.303. The lowest BCUT2D eigenvalue weighted by molar-refractivity contribution is -0.117. The molecule has 3 rings (SSSR count). The van der Waals surface area contributed by atoms with Crippen LogP contribution in [-0.2, 0) is 4.79 Å². The van der Waals surface area contributed by atoms with Gasteiger partial charge < -0.3 is 5.11 Å². The Kier molecular flexibility index (Phi) is 7.64. The minimum absolute atomic E-state index is 0.0226. The summed E-state index contributed by atoms with van der Waals surface area (Å²) in [7, 11) is 0. The van der Waals surface area contributed by atoms with E-state index in [4.69, 9.17) is 4.99 Å². The van der Waals surface area contributed by atoms with E-state index in [2.05, 4.69) is 6.92 Å². The van der Waals surface area contributed by atoms with E-state index in [1.165, 1.54) is 11.3 Å². The predicted molar refractivity (Wildman–Crippen MR) is 125 cm³/mol. The Morgan fingerprint density at radius 3 is 2.28 bits per heavy atom. The van der Waals surface area contributed by atoms with Crippen molar-refractivity contribution in [1.82, 2.24) is 4.90 Å². The summed E-state index contributed by atoms with van der Waals surface area (Å²) in [6, 6.07) is 6.79. The minimum Gasteiger partial charge on any atom is -0.511 e. The highest BCUT2D eigenvalue weighted by atomic mass is 16.3. The Balaban J connectivity index is 1.68. The molecule has 6 nitrogen and oxygen atoms in total. The molecule has 32 heavy (non-hydrogen) atoms. The van der Waals surface area contributed by atoms with Crippen LogP contribution in [0.2, 0.25) is 0 Å². The number of hydrogen-bond acceptors (Lipinski definition) is 5. The van der Waals surface area contributed by atoms with Crippen LogP contribution in [0, 0.1) is 5.41 Å². The number of aliphatic hydroxyl groups is 1. The lowest BCUT2D eigenvalue weighted by Gasteiger charge is -2.31. The average Bonchev–Trinajstić information content (AvgIpc) is 2.97. The Morgan fingerprint density at radius 1 is 1.00 bits per heavy atom. The SMILES string of the molecule is CCCCCCN=C1CC(C)(C)CC(=O)C1=C(O)CCCN1C(=O)c2ccccc2C1=O. The molecule has 1 aromatic carbocycles. The molecule has 1 aliphatic carbocycles. The van der Waals surface area contributed by atoms with E-state index in [9.17, 15) is 19.5 Å². The van der Waals surface area contributed by atoms with Crippen molar-refractivity contribution >= 4 is 23.3 Å². The van der Waals surface area contributed by atoms with Gasteiger partial charge in [0.2, 0.25) is 0 Å². The van der Waals surface area contributed by atoms with E-state index in [0.717, 1.165) is 19.3 Å². The fourth-order valence-corrected chi connectivity index (χ4v) is 4.48. The van der Waals surface area contributed by atoms with Gasteiger partial charge in [-0.2, -0.15) is 0 Å². The molecule has 2 aliphatic rings. The third kappa shape index (κ3) is 5.34. The van der Waals surface area contributed by atoms with E-state index in [1.54, 1.807) is 24.3 Å². The fourth-order valence-electron chi connectivity index (χ4n) is 4.48. The van der Waals surface area contributed by atoms with Crippen LogP contribution in [0.5, 0.6) is 0 Å². The summed E-state index contributed by atoms with van der Waals surface area (Å²) in [5, 5.41) is 10.8. The number of unbranched alkanes of at least 4 members (excludes halogenated alkanes) is 3. The molecule has 1 heterocycles. The number of fused-ring (bicyclic) bond motifs is 1. The number of allylic oxidation sites excluding steroid dienone is 2. The Labute approximate surface area is 190 Å². The highest BCUT2D eigenvalue weighted by Crippen LogP contribution is 2.36. The van der Waals surface area contributed by atoms with Crippen molar-refractivity contribution in [3.63, 3.8) is 0 Å². The normalized spacial score (nSPS) is 20.8. The second-order valence-corrected chi connectivity index (χ2v) is 9.56. The van der Waals surface area contributed by atoms with E-state index in [0.29, 0.717) is 48.2 Å². The molecule has 1 saturated carbocycles. The maximum Gasteiger partial charge on any atom is 0.261 e. The number of hydrogen-bond donors (Lipinski definition) is 1. The van der Waals surface area contributed by atoms with Gasteiger partial charge in [0.15, 0.2) is 5.78 Å². The molecule has 0 bridgehead atoms. The Morgan fingerprint density at radius 2 is 1.66 bits per heavy atom. The molecule has 0 aromatic heterocycles. The standard InChI is InChI=1S/C26H34N2O4/c1-4-5-6-9-14-27-20-16-26(2,3)17-22(30)23(20)21(29)13-10-15-28-24(31)18-11-7-8-12-19(18)25(28)32/h7-8,11-12,29H,4-6,9-10,13-17H2,1-3H3. The van der Waals surface area contributed by atoms with Gasteiger partial charge in [-0.3, -0.25) is 24.3 Å². The maximum absolute atomic E-state index is 12.9. The van der Waals surface area contributed by atoms with Crippen molar-refractivity contribution in [2.24, 2.45) is 10.4 Å². The topological polar surface area (TPSA) is 87.0 Å². The van der Waals surface area contributed by atoms with Crippen LogP contribution >= 0.6 is 0 Å². The number of benzene rings is 1. The summed E-state index contributed by atoms with van der Waals surface area (Å²) >= 11 is 0. The maximum atomic E-state index is 12.9. The first-order valence-electron chi connectivity index (χ1n) is 11.7. The molecule has 0 atom stereocenters. The van der Waals surface area contributed by atoms with E-state index in [-0.39, 0.29) is 41.7 Å². The van der Waals surface area contributed by atoms with Crippen molar-refractivity contribution in [3.05, 3.63) is 46.7 Å². The second-order valence-electron chi connectivity index (χ2n) is 9.56. The highest BCUT2D eigenvalue weighted by Gasteiger charge is 2.37. The number of amides is 2. The lowest BCUT2D eigenvalue weighted by atomic mass is 9.73. The van der Waals surface area contributed by atoms with Crippen LogP contribution in [-0.4, -0.2) is 46.4 Å². The number of imide groups is 1. The van der Waals surface area contributed by atoms with Gasteiger partial charge in [0.1, 0.15) is 5.76 Å². The van der Waals surface area contributed by atoms with Crippen molar-refractivity contribution in [1.29, 1.82) is 0 Å². The van der Waals surface area contributed by atoms with Gasteiger partial charge >= 0.3 is 0 Å². The third-order valence-electron chi connectivity index (χ3n) is 6.13. The van der Waals surface area contributed by atoms with E-state index in [1.807, 2.05) is 13.8 Å². The van der Waals surface area contributed by atoms with Gasteiger partial charge in [-0.05, 0) is 36.8 Å². The molecule has 1 fully saturated rings.